The second-order valence-corrected chi connectivity index (χ2v) is 1.18. The lowest BCUT2D eigenvalue weighted by atomic mass is 10.5. The van der Waals surface area contributed by atoms with Crippen molar-refractivity contribution in [1.29, 1.82) is 0 Å². The highest BCUT2D eigenvalue weighted by Gasteiger charge is 1.66. The molecule has 0 aromatic carbocycles. The van der Waals surface area contributed by atoms with Gasteiger partial charge < -0.3 is 4.74 Å². The fraction of sp³-hybridized carbons (Fsp3) is 0.429. The van der Waals surface area contributed by atoms with Crippen LogP contribution in [-0.2, 0) is 4.74 Å². The molecule has 1 heteroatoms. The van der Waals surface area contributed by atoms with Crippen molar-refractivity contribution < 1.29 is 4.74 Å². The Hall–Kier alpha value is -0.900. The van der Waals surface area contributed by atoms with Crippen molar-refractivity contribution in [2.75, 3.05) is 6.61 Å². The maximum Gasteiger partial charge on any atom is 0.148 e. The van der Waals surface area contributed by atoms with E-state index in [0.717, 1.165) is 6.42 Å². The Morgan fingerprint density at radius 2 is 2.38 bits per heavy atom. The van der Waals surface area contributed by atoms with E-state index >= 15 is 0 Å². The van der Waals surface area contributed by atoms with Crippen LogP contribution in [0.5, 0.6) is 0 Å². The molecular formula is C7H10O. The average Bonchev–Trinajstić information content (AvgIpc) is 1.81. The van der Waals surface area contributed by atoms with E-state index in [1.165, 1.54) is 6.26 Å². The van der Waals surface area contributed by atoms with E-state index in [-0.39, 0.29) is 0 Å². The Morgan fingerprint density at radius 3 is 2.88 bits per heavy atom. The minimum absolute atomic E-state index is 0.470. The van der Waals surface area contributed by atoms with Gasteiger partial charge in [0.15, 0.2) is 0 Å². The van der Waals surface area contributed by atoms with E-state index in [2.05, 4.69) is 18.4 Å². The van der Waals surface area contributed by atoms with Crippen LogP contribution in [0.25, 0.3) is 0 Å². The van der Waals surface area contributed by atoms with Crippen LogP contribution in [0.4, 0.5) is 0 Å². The van der Waals surface area contributed by atoms with Crippen molar-refractivity contribution >= 4 is 0 Å². The molecule has 0 saturated carbocycles. The Balaban J connectivity index is 3.02. The molecule has 0 saturated heterocycles. The first kappa shape index (κ1) is 7.10. The lowest BCUT2D eigenvalue weighted by molar-refractivity contribution is 0.298. The average molecular weight is 110 g/mol. The Kier molecular flexibility index (Phi) is 5.41. The highest BCUT2D eigenvalue weighted by Crippen LogP contribution is 1.71. The summed E-state index contributed by atoms with van der Waals surface area (Å²) in [6.45, 7) is 5.84. The molecular weight excluding hydrogens is 100 g/mol. The van der Waals surface area contributed by atoms with Gasteiger partial charge in [0, 0.05) is 6.42 Å². The molecule has 0 atom stereocenters. The van der Waals surface area contributed by atoms with Crippen LogP contribution in [0.2, 0.25) is 0 Å². The molecule has 0 spiro atoms. The molecule has 0 fully saturated rings. The molecule has 0 rings (SSSR count). The normalized spacial score (nSPS) is 6.62. The van der Waals surface area contributed by atoms with Crippen molar-refractivity contribution in [2.24, 2.45) is 0 Å². The zero-order valence-corrected chi connectivity index (χ0v) is 5.11. The lowest BCUT2D eigenvalue weighted by Gasteiger charge is -1.85. The van der Waals surface area contributed by atoms with Gasteiger partial charge in [-0.3, -0.25) is 0 Å². The van der Waals surface area contributed by atoms with E-state index in [1.807, 2.05) is 6.92 Å². The second kappa shape index (κ2) is 6.10. The maximum absolute atomic E-state index is 4.73. The summed E-state index contributed by atoms with van der Waals surface area (Å²) in [6, 6.07) is 0. The van der Waals surface area contributed by atoms with Crippen molar-refractivity contribution in [2.45, 2.75) is 13.3 Å². The lowest BCUT2D eigenvalue weighted by Crippen LogP contribution is -1.78. The maximum atomic E-state index is 4.73. The van der Waals surface area contributed by atoms with Crippen LogP contribution in [0.3, 0.4) is 0 Å². The Morgan fingerprint density at radius 1 is 1.62 bits per heavy atom. The Bertz CT molecular complexity index is 105. The first-order valence-corrected chi connectivity index (χ1v) is 2.60. The third-order valence-electron chi connectivity index (χ3n) is 0.575. The fourth-order valence-electron chi connectivity index (χ4n) is 0.277. The van der Waals surface area contributed by atoms with Crippen LogP contribution in [0.1, 0.15) is 13.3 Å². The first-order valence-electron chi connectivity index (χ1n) is 2.60. The molecule has 0 amide bonds. The number of hydrogen-bond donors (Lipinski definition) is 0. The van der Waals surface area contributed by atoms with E-state index in [4.69, 9.17) is 4.74 Å². The van der Waals surface area contributed by atoms with Crippen molar-refractivity contribution in [3.63, 3.8) is 0 Å². The molecule has 44 valence electrons. The van der Waals surface area contributed by atoms with E-state index < -0.39 is 0 Å². The summed E-state index contributed by atoms with van der Waals surface area (Å²) in [5.41, 5.74) is 0. The van der Waals surface area contributed by atoms with Crippen LogP contribution >= 0.6 is 0 Å². The molecule has 0 bridgehead atoms. The summed E-state index contributed by atoms with van der Waals surface area (Å²) in [7, 11) is 0. The predicted molar refractivity (Wildman–Crippen MR) is 34.2 cm³/mol. The summed E-state index contributed by atoms with van der Waals surface area (Å²) >= 11 is 0. The summed E-state index contributed by atoms with van der Waals surface area (Å²) < 4.78 is 4.73. The fourth-order valence-corrected chi connectivity index (χ4v) is 0.277. The van der Waals surface area contributed by atoms with E-state index in [0.29, 0.717) is 6.61 Å². The van der Waals surface area contributed by atoms with Gasteiger partial charge >= 0.3 is 0 Å². The van der Waals surface area contributed by atoms with Gasteiger partial charge in [-0.1, -0.05) is 19.4 Å². The molecule has 0 heterocycles. The zero-order valence-electron chi connectivity index (χ0n) is 5.11. The zero-order chi connectivity index (χ0) is 6.24. The third kappa shape index (κ3) is 5.10. The number of rotatable bonds is 2. The molecule has 8 heavy (non-hydrogen) atoms. The number of ether oxygens (including phenoxy) is 1. The quantitative estimate of drug-likeness (QED) is 0.298. The van der Waals surface area contributed by atoms with E-state index in [9.17, 15) is 0 Å². The standard InChI is InChI=1S/C7H10O/c1-3-5-6-7-8-4-2/h4H,2-3,7H2,1H3. The molecule has 1 nitrogen and oxygen atoms in total. The van der Waals surface area contributed by atoms with Gasteiger partial charge in [-0.25, -0.2) is 0 Å². The molecule has 0 radical (unpaired) electrons. The molecule has 0 aliphatic rings. The summed E-state index contributed by atoms with van der Waals surface area (Å²) in [5, 5.41) is 0. The van der Waals surface area contributed by atoms with Crippen LogP contribution in [0, 0.1) is 11.8 Å². The molecule has 0 aromatic heterocycles. The summed E-state index contributed by atoms with van der Waals surface area (Å²) in [6.07, 6.45) is 2.28. The first-order chi connectivity index (χ1) is 3.91. The topological polar surface area (TPSA) is 9.23 Å². The number of hydrogen-bond acceptors (Lipinski definition) is 1. The highest BCUT2D eigenvalue weighted by molar-refractivity contribution is 4.98. The summed E-state index contributed by atoms with van der Waals surface area (Å²) in [4.78, 5) is 0. The predicted octanol–water partition coefficient (Wildman–Crippen LogP) is 1.56. The molecule has 0 unspecified atom stereocenters. The van der Waals surface area contributed by atoms with Gasteiger partial charge in [-0.15, -0.1) is 5.92 Å². The minimum Gasteiger partial charge on any atom is -0.489 e. The second-order valence-electron chi connectivity index (χ2n) is 1.18. The largest absolute Gasteiger partial charge is 0.489 e. The minimum atomic E-state index is 0.470. The van der Waals surface area contributed by atoms with Gasteiger partial charge in [0.2, 0.25) is 0 Å². The van der Waals surface area contributed by atoms with Crippen LogP contribution in [-0.4, -0.2) is 6.61 Å². The van der Waals surface area contributed by atoms with E-state index in [1.54, 1.807) is 0 Å². The molecule has 0 N–H and O–H groups in total. The van der Waals surface area contributed by atoms with Crippen LogP contribution < -0.4 is 0 Å². The van der Waals surface area contributed by atoms with Crippen LogP contribution in [0.15, 0.2) is 12.8 Å². The molecule has 0 aromatic rings. The molecule has 0 aliphatic carbocycles. The van der Waals surface area contributed by atoms with Crippen molar-refractivity contribution in [3.05, 3.63) is 12.8 Å². The van der Waals surface area contributed by atoms with Gasteiger partial charge in [0.1, 0.15) is 6.61 Å². The van der Waals surface area contributed by atoms with Gasteiger partial charge in [-0.05, 0) is 0 Å². The van der Waals surface area contributed by atoms with Gasteiger partial charge in [0.05, 0.1) is 6.26 Å². The van der Waals surface area contributed by atoms with Gasteiger partial charge in [-0.2, -0.15) is 0 Å². The third-order valence-corrected chi connectivity index (χ3v) is 0.575. The highest BCUT2D eigenvalue weighted by atomic mass is 16.5. The SMILES string of the molecule is C=COCC#CCC. The monoisotopic (exact) mass is 110 g/mol. The smallest absolute Gasteiger partial charge is 0.148 e. The van der Waals surface area contributed by atoms with Gasteiger partial charge in [0.25, 0.3) is 0 Å². The van der Waals surface area contributed by atoms with Crippen molar-refractivity contribution in [3.8, 4) is 11.8 Å². The summed E-state index contributed by atoms with van der Waals surface area (Å²) in [5.74, 6) is 5.65. The Labute approximate surface area is 50.4 Å². The van der Waals surface area contributed by atoms with Crippen molar-refractivity contribution in [1.82, 2.24) is 0 Å². The molecule has 0 aliphatic heterocycles.